The highest BCUT2D eigenvalue weighted by Crippen LogP contribution is 2.29. The lowest BCUT2D eigenvalue weighted by Gasteiger charge is -2.29. The minimum absolute atomic E-state index is 0.0172. The van der Waals surface area contributed by atoms with E-state index in [2.05, 4.69) is 6.92 Å². The number of rotatable bonds is 2. The lowest BCUT2D eigenvalue weighted by Crippen LogP contribution is -2.30. The molecule has 3 nitrogen and oxygen atoms in total. The number of esters is 1. The zero-order valence-corrected chi connectivity index (χ0v) is 12.7. The SMILES string of the molecule is CC.CC1CCC(OC(=O)C2CCC(O)CC2)CC1. The zero-order valence-electron chi connectivity index (χ0n) is 12.7. The van der Waals surface area contributed by atoms with E-state index >= 15 is 0 Å². The summed E-state index contributed by atoms with van der Waals surface area (Å²) in [6, 6.07) is 0. The standard InChI is InChI=1S/C14H24O3.C2H6/c1-10-2-8-13(9-3-10)17-14(16)11-4-6-12(15)7-5-11;1-2/h10-13,15H,2-9H2,1H3;1-2H3. The summed E-state index contributed by atoms with van der Waals surface area (Å²) < 4.78 is 5.59. The van der Waals surface area contributed by atoms with Crippen molar-refractivity contribution in [2.45, 2.75) is 84.3 Å². The molecule has 0 bridgehead atoms. The van der Waals surface area contributed by atoms with Gasteiger partial charge in [-0.25, -0.2) is 0 Å². The molecule has 0 saturated heterocycles. The molecular weight excluding hydrogens is 240 g/mol. The molecule has 2 rings (SSSR count). The lowest BCUT2D eigenvalue weighted by atomic mass is 9.86. The van der Waals surface area contributed by atoms with Gasteiger partial charge in [-0.05, 0) is 57.3 Å². The van der Waals surface area contributed by atoms with Gasteiger partial charge >= 0.3 is 5.97 Å². The Labute approximate surface area is 117 Å². The molecule has 0 spiro atoms. The van der Waals surface area contributed by atoms with E-state index < -0.39 is 0 Å². The van der Waals surface area contributed by atoms with Gasteiger partial charge in [-0.3, -0.25) is 4.79 Å². The van der Waals surface area contributed by atoms with Crippen LogP contribution in [0.5, 0.6) is 0 Å². The second-order valence-electron chi connectivity index (χ2n) is 5.82. The number of hydrogen-bond donors (Lipinski definition) is 1. The number of aliphatic hydroxyl groups is 1. The van der Waals surface area contributed by atoms with Crippen molar-refractivity contribution in [3.63, 3.8) is 0 Å². The third-order valence-electron chi connectivity index (χ3n) is 4.28. The Morgan fingerprint density at radius 2 is 1.47 bits per heavy atom. The fourth-order valence-electron chi connectivity index (χ4n) is 2.92. The van der Waals surface area contributed by atoms with E-state index in [9.17, 15) is 9.90 Å². The van der Waals surface area contributed by atoms with Crippen molar-refractivity contribution < 1.29 is 14.6 Å². The van der Waals surface area contributed by atoms with Crippen LogP contribution in [0.3, 0.4) is 0 Å². The average molecular weight is 270 g/mol. The van der Waals surface area contributed by atoms with Crippen LogP contribution >= 0.6 is 0 Å². The highest BCUT2D eigenvalue weighted by atomic mass is 16.5. The molecule has 2 aliphatic rings. The maximum absolute atomic E-state index is 12.0. The van der Waals surface area contributed by atoms with Gasteiger partial charge in [0.1, 0.15) is 6.10 Å². The second-order valence-corrected chi connectivity index (χ2v) is 5.82. The van der Waals surface area contributed by atoms with Crippen LogP contribution in [-0.2, 0) is 9.53 Å². The van der Waals surface area contributed by atoms with Gasteiger partial charge in [0.25, 0.3) is 0 Å². The van der Waals surface area contributed by atoms with E-state index in [4.69, 9.17) is 4.74 Å². The third-order valence-corrected chi connectivity index (χ3v) is 4.28. The first-order chi connectivity index (χ1) is 9.15. The minimum atomic E-state index is -0.199. The first kappa shape index (κ1) is 16.5. The number of aliphatic hydroxyl groups excluding tert-OH is 1. The van der Waals surface area contributed by atoms with Crippen molar-refractivity contribution in [2.75, 3.05) is 0 Å². The van der Waals surface area contributed by atoms with Crippen LogP contribution in [0, 0.1) is 11.8 Å². The van der Waals surface area contributed by atoms with Crippen LogP contribution in [0.2, 0.25) is 0 Å². The molecule has 0 aliphatic heterocycles. The van der Waals surface area contributed by atoms with Crippen LogP contribution in [0.15, 0.2) is 0 Å². The summed E-state index contributed by atoms with van der Waals surface area (Å²) in [6.07, 6.45) is 7.47. The molecule has 2 saturated carbocycles. The smallest absolute Gasteiger partial charge is 0.309 e. The molecule has 112 valence electrons. The van der Waals surface area contributed by atoms with Crippen LogP contribution in [0.4, 0.5) is 0 Å². The number of hydrogen-bond acceptors (Lipinski definition) is 3. The molecule has 0 aromatic carbocycles. The normalized spacial score (nSPS) is 34.9. The van der Waals surface area contributed by atoms with Crippen molar-refractivity contribution in [2.24, 2.45) is 11.8 Å². The second kappa shape index (κ2) is 8.57. The summed E-state index contributed by atoms with van der Waals surface area (Å²) in [4.78, 5) is 12.0. The molecule has 0 heterocycles. The van der Waals surface area contributed by atoms with E-state index in [-0.39, 0.29) is 24.1 Å². The Morgan fingerprint density at radius 3 is 2.00 bits per heavy atom. The Balaban J connectivity index is 0.000000861. The van der Waals surface area contributed by atoms with Crippen molar-refractivity contribution in [3.05, 3.63) is 0 Å². The summed E-state index contributed by atoms with van der Waals surface area (Å²) in [5, 5.41) is 9.41. The quantitative estimate of drug-likeness (QED) is 0.778. The molecule has 0 radical (unpaired) electrons. The summed E-state index contributed by atoms with van der Waals surface area (Å²) in [6.45, 7) is 6.26. The number of carbonyl (C=O) groups is 1. The largest absolute Gasteiger partial charge is 0.462 e. The fraction of sp³-hybridized carbons (Fsp3) is 0.938. The molecule has 3 heteroatoms. The van der Waals surface area contributed by atoms with E-state index in [1.165, 1.54) is 12.8 Å². The van der Waals surface area contributed by atoms with Crippen molar-refractivity contribution >= 4 is 5.97 Å². The summed E-state index contributed by atoms with van der Waals surface area (Å²) in [7, 11) is 0. The summed E-state index contributed by atoms with van der Waals surface area (Å²) in [5.41, 5.74) is 0. The Bertz CT molecular complexity index is 249. The van der Waals surface area contributed by atoms with Gasteiger partial charge in [-0.1, -0.05) is 20.8 Å². The third kappa shape index (κ3) is 5.52. The molecule has 19 heavy (non-hydrogen) atoms. The maximum Gasteiger partial charge on any atom is 0.309 e. The van der Waals surface area contributed by atoms with Gasteiger partial charge in [0, 0.05) is 0 Å². The van der Waals surface area contributed by atoms with E-state index in [0.29, 0.717) is 0 Å². The van der Waals surface area contributed by atoms with Gasteiger partial charge in [-0.15, -0.1) is 0 Å². The molecule has 2 fully saturated rings. The van der Waals surface area contributed by atoms with E-state index in [1.54, 1.807) is 0 Å². The molecular formula is C16H30O3. The molecule has 0 atom stereocenters. The predicted molar refractivity (Wildman–Crippen MR) is 76.8 cm³/mol. The molecule has 1 N–H and O–H groups in total. The maximum atomic E-state index is 12.0. The van der Waals surface area contributed by atoms with Crippen LogP contribution in [0.1, 0.15) is 72.1 Å². The average Bonchev–Trinajstić information content (AvgIpc) is 2.44. The van der Waals surface area contributed by atoms with Gasteiger partial charge in [-0.2, -0.15) is 0 Å². The van der Waals surface area contributed by atoms with Gasteiger partial charge in [0.15, 0.2) is 0 Å². The van der Waals surface area contributed by atoms with Crippen molar-refractivity contribution in [3.8, 4) is 0 Å². The summed E-state index contributed by atoms with van der Waals surface area (Å²) in [5.74, 6) is 0.809. The predicted octanol–water partition coefficient (Wildman–Crippen LogP) is 3.69. The van der Waals surface area contributed by atoms with Crippen molar-refractivity contribution in [1.82, 2.24) is 0 Å². The first-order valence-corrected chi connectivity index (χ1v) is 8.03. The Hall–Kier alpha value is -0.570. The highest BCUT2D eigenvalue weighted by molar-refractivity contribution is 5.72. The molecule has 2 aliphatic carbocycles. The van der Waals surface area contributed by atoms with Gasteiger partial charge in [0.05, 0.1) is 12.0 Å². The van der Waals surface area contributed by atoms with E-state index in [1.807, 2.05) is 13.8 Å². The van der Waals surface area contributed by atoms with E-state index in [0.717, 1.165) is 44.4 Å². The van der Waals surface area contributed by atoms with Crippen LogP contribution in [0.25, 0.3) is 0 Å². The zero-order chi connectivity index (χ0) is 14.3. The lowest BCUT2D eigenvalue weighted by molar-refractivity contribution is -0.157. The molecule has 0 aromatic heterocycles. The van der Waals surface area contributed by atoms with Crippen LogP contribution in [-0.4, -0.2) is 23.3 Å². The van der Waals surface area contributed by atoms with Gasteiger partial charge < -0.3 is 9.84 Å². The summed E-state index contributed by atoms with van der Waals surface area (Å²) >= 11 is 0. The topological polar surface area (TPSA) is 46.5 Å². The fourth-order valence-corrected chi connectivity index (χ4v) is 2.92. The Morgan fingerprint density at radius 1 is 0.947 bits per heavy atom. The number of ether oxygens (including phenoxy) is 1. The highest BCUT2D eigenvalue weighted by Gasteiger charge is 2.29. The van der Waals surface area contributed by atoms with Crippen molar-refractivity contribution in [1.29, 1.82) is 0 Å². The minimum Gasteiger partial charge on any atom is -0.462 e. The monoisotopic (exact) mass is 270 g/mol. The van der Waals surface area contributed by atoms with Crippen LogP contribution < -0.4 is 0 Å². The first-order valence-electron chi connectivity index (χ1n) is 8.03. The van der Waals surface area contributed by atoms with Gasteiger partial charge in [0.2, 0.25) is 0 Å². The molecule has 0 amide bonds. The molecule has 0 aromatic rings. The Kier molecular flexibility index (Phi) is 7.44. The number of carbonyl (C=O) groups excluding carboxylic acids is 1. The molecule has 0 unspecified atom stereocenters.